The fourth-order valence-electron chi connectivity index (χ4n) is 4.32. The summed E-state index contributed by atoms with van der Waals surface area (Å²) in [5.74, 6) is 0.0178. The number of hydrogen-bond acceptors (Lipinski definition) is 4. The molecule has 2 amide bonds. The number of para-hydroxylation sites is 1. The number of likely N-dealkylation sites (N-methyl/N-ethyl adjacent to an activating group) is 1. The monoisotopic (exact) mass is 436 g/mol. The largest absolute Gasteiger partial charge is 0.344 e. The van der Waals surface area contributed by atoms with E-state index < -0.39 is 6.04 Å². The summed E-state index contributed by atoms with van der Waals surface area (Å²) in [4.78, 5) is 27.9. The molecule has 1 N–H and O–H groups in total. The second kappa shape index (κ2) is 9.47. The van der Waals surface area contributed by atoms with Gasteiger partial charge in [0.25, 0.3) is 0 Å². The number of thiophene rings is 1. The Morgan fingerprint density at radius 1 is 1.19 bits per heavy atom. The highest BCUT2D eigenvalue weighted by Crippen LogP contribution is 2.31. The van der Waals surface area contributed by atoms with E-state index >= 15 is 0 Å². The van der Waals surface area contributed by atoms with Crippen molar-refractivity contribution in [1.82, 2.24) is 20.0 Å². The zero-order valence-corrected chi connectivity index (χ0v) is 18.8. The second-order valence-electron chi connectivity index (χ2n) is 8.18. The van der Waals surface area contributed by atoms with Gasteiger partial charge in [-0.25, -0.2) is 4.68 Å². The van der Waals surface area contributed by atoms with E-state index in [0.29, 0.717) is 6.54 Å². The van der Waals surface area contributed by atoms with Crippen molar-refractivity contribution >= 4 is 23.2 Å². The van der Waals surface area contributed by atoms with Gasteiger partial charge in [-0.05, 0) is 42.3 Å². The minimum Gasteiger partial charge on any atom is -0.344 e. The summed E-state index contributed by atoms with van der Waals surface area (Å²) in [5, 5.41) is 9.77. The molecule has 1 aliphatic rings. The Morgan fingerprint density at radius 2 is 1.94 bits per heavy atom. The number of hydrogen-bond donors (Lipinski definition) is 1. The first kappa shape index (κ1) is 21.3. The molecule has 1 unspecified atom stereocenters. The van der Waals surface area contributed by atoms with Crippen LogP contribution in [-0.2, 0) is 16.1 Å². The number of aromatic nitrogens is 2. The van der Waals surface area contributed by atoms with Crippen molar-refractivity contribution in [3.8, 4) is 16.3 Å². The lowest BCUT2D eigenvalue weighted by molar-refractivity contribution is -0.136. The number of rotatable bonds is 7. The van der Waals surface area contributed by atoms with Gasteiger partial charge in [0.1, 0.15) is 11.7 Å². The fraction of sp³-hybridized carbons (Fsp3) is 0.375. The van der Waals surface area contributed by atoms with E-state index in [0.717, 1.165) is 47.5 Å². The van der Waals surface area contributed by atoms with Gasteiger partial charge in [-0.1, -0.05) is 37.1 Å². The van der Waals surface area contributed by atoms with Crippen molar-refractivity contribution in [2.45, 2.75) is 45.2 Å². The van der Waals surface area contributed by atoms with Gasteiger partial charge in [-0.3, -0.25) is 9.59 Å². The molecule has 7 heteroatoms. The maximum atomic E-state index is 13.3. The van der Waals surface area contributed by atoms with Gasteiger partial charge in [0.05, 0.1) is 10.6 Å². The molecule has 3 aromatic rings. The number of nitrogens with zero attached hydrogens (tertiary/aromatic N) is 3. The van der Waals surface area contributed by atoms with Crippen molar-refractivity contribution in [2.24, 2.45) is 5.92 Å². The van der Waals surface area contributed by atoms with Gasteiger partial charge < -0.3 is 10.2 Å². The molecule has 0 saturated heterocycles. The van der Waals surface area contributed by atoms with E-state index in [1.807, 2.05) is 65.8 Å². The molecule has 0 radical (unpaired) electrons. The summed E-state index contributed by atoms with van der Waals surface area (Å²) >= 11 is 1.63. The van der Waals surface area contributed by atoms with Crippen LogP contribution in [-0.4, -0.2) is 39.6 Å². The van der Waals surface area contributed by atoms with Gasteiger partial charge in [0.15, 0.2) is 0 Å². The fourth-order valence-corrected chi connectivity index (χ4v) is 5.07. The first-order valence-electron chi connectivity index (χ1n) is 10.7. The minimum absolute atomic E-state index is 0.0355. The van der Waals surface area contributed by atoms with Crippen LogP contribution < -0.4 is 5.32 Å². The molecule has 31 heavy (non-hydrogen) atoms. The molecular weight excluding hydrogens is 408 g/mol. The molecule has 162 valence electrons. The van der Waals surface area contributed by atoms with Gasteiger partial charge in [0, 0.05) is 32.3 Å². The van der Waals surface area contributed by atoms with Crippen LogP contribution in [0, 0.1) is 5.92 Å². The summed E-state index contributed by atoms with van der Waals surface area (Å²) in [7, 11) is 1.81. The Balaban J connectivity index is 1.60. The Bertz CT molecular complexity index is 1020. The molecule has 1 aliphatic carbocycles. The molecule has 2 aromatic heterocycles. The molecule has 0 bridgehead atoms. The first-order chi connectivity index (χ1) is 15.0. The number of nitrogens with one attached hydrogen (secondary N) is 1. The van der Waals surface area contributed by atoms with Crippen LogP contribution in [0.15, 0.2) is 54.0 Å². The molecule has 6 nitrogen and oxygen atoms in total. The molecular formula is C24H28N4O2S. The van der Waals surface area contributed by atoms with Gasteiger partial charge in [-0.15, -0.1) is 11.3 Å². The van der Waals surface area contributed by atoms with E-state index in [9.17, 15) is 9.59 Å². The second-order valence-corrected chi connectivity index (χ2v) is 9.13. The number of carbonyl (C=O) groups excluding carboxylic acids is 2. The highest BCUT2D eigenvalue weighted by Gasteiger charge is 2.33. The molecule has 0 aliphatic heterocycles. The number of carbonyl (C=O) groups is 2. The van der Waals surface area contributed by atoms with Crippen LogP contribution in [0.2, 0.25) is 0 Å². The highest BCUT2D eigenvalue weighted by atomic mass is 32.1. The van der Waals surface area contributed by atoms with Gasteiger partial charge in [0.2, 0.25) is 11.8 Å². The minimum atomic E-state index is -0.459. The van der Waals surface area contributed by atoms with Crippen LogP contribution in [0.25, 0.3) is 16.3 Å². The third kappa shape index (κ3) is 4.88. The maximum Gasteiger partial charge on any atom is 0.245 e. The van der Waals surface area contributed by atoms with Crippen molar-refractivity contribution in [3.63, 3.8) is 0 Å². The van der Waals surface area contributed by atoms with E-state index in [4.69, 9.17) is 5.10 Å². The average Bonchev–Trinajstić information content (AvgIpc) is 3.53. The van der Waals surface area contributed by atoms with Crippen molar-refractivity contribution in [2.75, 3.05) is 7.05 Å². The highest BCUT2D eigenvalue weighted by molar-refractivity contribution is 7.13. The van der Waals surface area contributed by atoms with E-state index in [2.05, 4.69) is 5.32 Å². The summed E-state index contributed by atoms with van der Waals surface area (Å²) in [6, 6.07) is 13.6. The molecule has 0 spiro atoms. The van der Waals surface area contributed by atoms with E-state index in [1.54, 1.807) is 16.2 Å². The van der Waals surface area contributed by atoms with E-state index in [1.165, 1.54) is 6.92 Å². The SMILES string of the molecule is CC(=O)NC(C(=O)N(C)Cc1cn(-c2ccccc2)nc1-c1cccs1)C1CCCC1. The molecule has 4 rings (SSSR count). The van der Waals surface area contributed by atoms with Crippen LogP contribution in [0.5, 0.6) is 0 Å². The van der Waals surface area contributed by atoms with Crippen LogP contribution in [0.1, 0.15) is 38.2 Å². The quantitative estimate of drug-likeness (QED) is 0.602. The predicted octanol–water partition coefficient (Wildman–Crippen LogP) is 4.25. The first-order valence-corrected chi connectivity index (χ1v) is 11.6. The predicted molar refractivity (Wildman–Crippen MR) is 123 cm³/mol. The molecule has 1 aromatic carbocycles. The Morgan fingerprint density at radius 3 is 2.58 bits per heavy atom. The third-order valence-corrected chi connectivity index (χ3v) is 6.72. The van der Waals surface area contributed by atoms with Crippen LogP contribution in [0.3, 0.4) is 0 Å². The maximum absolute atomic E-state index is 13.3. The summed E-state index contributed by atoms with van der Waals surface area (Å²) in [6.45, 7) is 1.91. The zero-order chi connectivity index (χ0) is 21.8. The Kier molecular flexibility index (Phi) is 6.51. The average molecular weight is 437 g/mol. The lowest BCUT2D eigenvalue weighted by Gasteiger charge is -2.28. The van der Waals surface area contributed by atoms with E-state index in [-0.39, 0.29) is 17.7 Å². The Labute approximate surface area is 186 Å². The molecule has 2 heterocycles. The zero-order valence-electron chi connectivity index (χ0n) is 18.0. The Hall–Kier alpha value is -2.93. The summed E-state index contributed by atoms with van der Waals surface area (Å²) in [5.41, 5.74) is 2.84. The van der Waals surface area contributed by atoms with Gasteiger partial charge in [-0.2, -0.15) is 5.10 Å². The summed E-state index contributed by atoms with van der Waals surface area (Å²) in [6.07, 6.45) is 6.19. The molecule has 1 fully saturated rings. The normalized spacial score (nSPS) is 15.0. The van der Waals surface area contributed by atoms with Crippen molar-refractivity contribution < 1.29 is 9.59 Å². The molecule has 1 atom stereocenters. The third-order valence-electron chi connectivity index (χ3n) is 5.85. The van der Waals surface area contributed by atoms with Gasteiger partial charge >= 0.3 is 0 Å². The standard InChI is InChI=1S/C24H28N4O2S/c1-17(29)25-23(18-9-6-7-10-18)24(30)27(2)15-19-16-28(20-11-4-3-5-12-20)26-22(19)21-13-8-14-31-21/h3-5,8,11-14,16,18,23H,6-7,9-10,15H2,1-2H3,(H,25,29). The van der Waals surface area contributed by atoms with Crippen LogP contribution in [0.4, 0.5) is 0 Å². The number of amides is 2. The van der Waals surface area contributed by atoms with Crippen LogP contribution >= 0.6 is 11.3 Å². The topological polar surface area (TPSA) is 67.2 Å². The summed E-state index contributed by atoms with van der Waals surface area (Å²) < 4.78 is 1.87. The smallest absolute Gasteiger partial charge is 0.245 e. The lowest BCUT2D eigenvalue weighted by atomic mass is 9.96. The lowest BCUT2D eigenvalue weighted by Crippen LogP contribution is -2.50. The van der Waals surface area contributed by atoms with Crippen molar-refractivity contribution in [3.05, 3.63) is 59.6 Å². The van der Waals surface area contributed by atoms with Crippen molar-refractivity contribution in [1.29, 1.82) is 0 Å². The molecule has 1 saturated carbocycles. The number of benzene rings is 1.